The van der Waals surface area contributed by atoms with Crippen LogP contribution in [-0.2, 0) is 16.0 Å². The number of nitrogens with two attached hydrogens (primary N) is 1. The zero-order valence-corrected chi connectivity index (χ0v) is 19.8. The van der Waals surface area contributed by atoms with Gasteiger partial charge in [0.15, 0.2) is 6.10 Å². The number of carbonyl (C=O) groups excluding carboxylic acids is 3. The number of halogens is 1. The lowest BCUT2D eigenvalue weighted by atomic mass is 9.99. The number of amides is 3. The van der Waals surface area contributed by atoms with Gasteiger partial charge in [-0.25, -0.2) is 0 Å². The van der Waals surface area contributed by atoms with Gasteiger partial charge in [0.05, 0.1) is 6.04 Å². The van der Waals surface area contributed by atoms with Crippen LogP contribution in [-0.4, -0.2) is 35.0 Å². The first-order chi connectivity index (χ1) is 15.8. The van der Waals surface area contributed by atoms with Crippen LogP contribution >= 0.6 is 22.6 Å². The lowest BCUT2D eigenvalue weighted by Crippen LogP contribution is -2.52. The lowest BCUT2D eigenvalue weighted by Gasteiger charge is -2.26. The molecule has 3 rings (SSSR count). The maximum absolute atomic E-state index is 12.9. The van der Waals surface area contributed by atoms with Crippen molar-refractivity contribution in [3.8, 4) is 0 Å². The molecule has 0 radical (unpaired) electrons. The monoisotopic (exact) mass is 557 g/mol. The average Bonchev–Trinajstić information content (AvgIpc) is 2.82. The Bertz CT molecular complexity index is 1110. The van der Waals surface area contributed by atoms with E-state index in [0.717, 1.165) is 9.13 Å². The third-order valence-corrected chi connectivity index (χ3v) is 5.73. The van der Waals surface area contributed by atoms with E-state index >= 15 is 0 Å². The second kappa shape index (κ2) is 11.6. The van der Waals surface area contributed by atoms with Crippen LogP contribution in [0.2, 0.25) is 0 Å². The van der Waals surface area contributed by atoms with Gasteiger partial charge >= 0.3 is 0 Å². The topological polar surface area (TPSA) is 122 Å². The number of benzene rings is 3. The second-order valence-electron chi connectivity index (χ2n) is 7.47. The van der Waals surface area contributed by atoms with Gasteiger partial charge in [0.25, 0.3) is 11.8 Å². The predicted molar refractivity (Wildman–Crippen MR) is 133 cm³/mol. The van der Waals surface area contributed by atoms with Crippen molar-refractivity contribution in [2.24, 2.45) is 5.73 Å². The number of rotatable bonds is 9. The van der Waals surface area contributed by atoms with Crippen molar-refractivity contribution in [2.45, 2.75) is 24.6 Å². The number of carbonyl (C=O) groups is 3. The fourth-order valence-electron chi connectivity index (χ4n) is 3.35. The molecule has 0 saturated carbocycles. The first-order valence-electron chi connectivity index (χ1n) is 10.3. The summed E-state index contributed by atoms with van der Waals surface area (Å²) < 4.78 is 0.979. The zero-order valence-electron chi connectivity index (χ0n) is 17.6. The van der Waals surface area contributed by atoms with Crippen molar-refractivity contribution in [3.63, 3.8) is 0 Å². The van der Waals surface area contributed by atoms with Gasteiger partial charge in [-0.05, 0) is 58.0 Å². The third-order valence-electron chi connectivity index (χ3n) is 5.05. The summed E-state index contributed by atoms with van der Waals surface area (Å²) in [6.07, 6.45) is -1.48. The summed E-state index contributed by atoms with van der Waals surface area (Å²) in [7, 11) is 0. The molecule has 0 aliphatic heterocycles. The summed E-state index contributed by atoms with van der Waals surface area (Å²) >= 11 is 2.15. The van der Waals surface area contributed by atoms with E-state index in [1.165, 1.54) is 0 Å². The predicted octanol–water partition coefficient (Wildman–Crippen LogP) is 2.34. The zero-order chi connectivity index (χ0) is 23.8. The van der Waals surface area contributed by atoms with Crippen LogP contribution in [0.25, 0.3) is 0 Å². The fourth-order valence-corrected chi connectivity index (χ4v) is 3.96. The highest BCUT2D eigenvalue weighted by molar-refractivity contribution is 14.1. The summed E-state index contributed by atoms with van der Waals surface area (Å²) in [5.74, 6) is -1.98. The Balaban J connectivity index is 1.79. The Morgan fingerprint density at radius 2 is 1.52 bits per heavy atom. The van der Waals surface area contributed by atoms with E-state index in [4.69, 9.17) is 5.73 Å². The van der Waals surface area contributed by atoms with Gasteiger partial charge in [-0.2, -0.15) is 0 Å². The van der Waals surface area contributed by atoms with Crippen molar-refractivity contribution < 1.29 is 19.5 Å². The minimum atomic E-state index is -1.65. The molecule has 7 nitrogen and oxygen atoms in total. The summed E-state index contributed by atoms with van der Waals surface area (Å²) in [5, 5.41) is 16.1. The van der Waals surface area contributed by atoms with Crippen molar-refractivity contribution in [2.75, 3.05) is 0 Å². The number of aliphatic hydroxyl groups is 1. The molecule has 3 aromatic rings. The Hall–Kier alpha value is -3.24. The van der Waals surface area contributed by atoms with Crippen molar-refractivity contribution in [1.29, 1.82) is 0 Å². The molecule has 3 atom stereocenters. The van der Waals surface area contributed by atoms with E-state index < -0.39 is 35.9 Å². The van der Waals surface area contributed by atoms with Crippen molar-refractivity contribution >= 4 is 40.3 Å². The molecule has 0 fully saturated rings. The first kappa shape index (κ1) is 24.4. The molecule has 0 spiro atoms. The van der Waals surface area contributed by atoms with E-state index in [9.17, 15) is 19.5 Å². The Labute approximate surface area is 205 Å². The van der Waals surface area contributed by atoms with Crippen LogP contribution in [0.15, 0.2) is 84.9 Å². The summed E-state index contributed by atoms with van der Waals surface area (Å²) in [6, 6.07) is 22.6. The Morgan fingerprint density at radius 1 is 0.879 bits per heavy atom. The maximum atomic E-state index is 12.9. The summed E-state index contributed by atoms with van der Waals surface area (Å²) in [5.41, 5.74) is 7.25. The standard InChI is InChI=1S/C25H24IN3O4/c26-19-13-7-8-16(14-19)15-20(23(27)31)28-25(33)22(30)21(17-9-3-1-4-10-17)29-24(32)18-11-5-2-6-12-18/h1-14,20-22,30H,15H2,(H2,27,31)(H,28,33)(H,29,32)/t20-,21+,22-/m1/s1. The van der Waals surface area contributed by atoms with Gasteiger partial charge in [-0.15, -0.1) is 0 Å². The number of hydrogen-bond acceptors (Lipinski definition) is 4. The molecule has 5 N–H and O–H groups in total. The normalized spacial score (nSPS) is 13.4. The molecule has 0 heterocycles. The molecule has 8 heteroatoms. The molecule has 0 aliphatic carbocycles. The quantitative estimate of drug-likeness (QED) is 0.302. The van der Waals surface area contributed by atoms with Crippen LogP contribution in [0.5, 0.6) is 0 Å². The second-order valence-corrected chi connectivity index (χ2v) is 8.72. The van der Waals surface area contributed by atoms with Gasteiger partial charge in [-0.1, -0.05) is 60.7 Å². The lowest BCUT2D eigenvalue weighted by molar-refractivity contribution is -0.134. The molecule has 33 heavy (non-hydrogen) atoms. The number of aliphatic hydroxyl groups excluding tert-OH is 1. The SMILES string of the molecule is NC(=O)[C@@H](Cc1cccc(I)c1)NC(=O)[C@H](O)[C@@H](NC(=O)c1ccccc1)c1ccccc1. The molecule has 0 aliphatic rings. The highest BCUT2D eigenvalue weighted by atomic mass is 127. The third kappa shape index (κ3) is 6.87. The number of hydrogen-bond donors (Lipinski definition) is 4. The van der Waals surface area contributed by atoms with Gasteiger partial charge in [-0.3, -0.25) is 14.4 Å². The Morgan fingerprint density at radius 3 is 2.12 bits per heavy atom. The van der Waals surface area contributed by atoms with E-state index in [2.05, 4.69) is 33.2 Å². The fraction of sp³-hybridized carbons (Fsp3) is 0.160. The van der Waals surface area contributed by atoms with E-state index in [1.807, 2.05) is 24.3 Å². The highest BCUT2D eigenvalue weighted by Crippen LogP contribution is 2.19. The van der Waals surface area contributed by atoms with Gasteiger partial charge in [0.1, 0.15) is 6.04 Å². The molecular weight excluding hydrogens is 533 g/mol. The van der Waals surface area contributed by atoms with Crippen LogP contribution < -0.4 is 16.4 Å². The maximum Gasteiger partial charge on any atom is 0.252 e. The summed E-state index contributed by atoms with van der Waals surface area (Å²) in [4.78, 5) is 37.7. The highest BCUT2D eigenvalue weighted by Gasteiger charge is 2.31. The molecule has 0 saturated heterocycles. The summed E-state index contributed by atoms with van der Waals surface area (Å²) in [6.45, 7) is 0. The molecular formula is C25H24IN3O4. The van der Waals surface area contributed by atoms with Crippen LogP contribution in [0.1, 0.15) is 27.5 Å². The number of nitrogens with one attached hydrogen (secondary N) is 2. The van der Waals surface area contributed by atoms with Crippen molar-refractivity contribution in [3.05, 3.63) is 105 Å². The molecule has 0 bridgehead atoms. The molecule has 0 aromatic heterocycles. The molecule has 3 amide bonds. The van der Waals surface area contributed by atoms with E-state index in [-0.39, 0.29) is 6.42 Å². The smallest absolute Gasteiger partial charge is 0.252 e. The van der Waals surface area contributed by atoms with Crippen LogP contribution in [0.4, 0.5) is 0 Å². The van der Waals surface area contributed by atoms with E-state index in [0.29, 0.717) is 11.1 Å². The van der Waals surface area contributed by atoms with Gasteiger partial charge in [0.2, 0.25) is 5.91 Å². The minimum Gasteiger partial charge on any atom is -0.381 e. The van der Waals surface area contributed by atoms with Crippen molar-refractivity contribution in [1.82, 2.24) is 10.6 Å². The molecule has 170 valence electrons. The van der Waals surface area contributed by atoms with Gasteiger partial charge < -0.3 is 21.5 Å². The number of primary amides is 1. The van der Waals surface area contributed by atoms with Gasteiger partial charge in [0, 0.05) is 15.6 Å². The van der Waals surface area contributed by atoms with Crippen LogP contribution in [0.3, 0.4) is 0 Å². The minimum absolute atomic E-state index is 0.178. The molecule has 3 aromatic carbocycles. The van der Waals surface area contributed by atoms with E-state index in [1.54, 1.807) is 60.7 Å². The average molecular weight is 557 g/mol. The first-order valence-corrected chi connectivity index (χ1v) is 11.4. The largest absolute Gasteiger partial charge is 0.381 e. The van der Waals surface area contributed by atoms with Crippen LogP contribution in [0, 0.1) is 3.57 Å². The Kier molecular flexibility index (Phi) is 8.56. The molecule has 0 unspecified atom stereocenters.